The highest BCUT2D eigenvalue weighted by atomic mass is 16.6. The van der Waals surface area contributed by atoms with Gasteiger partial charge in [0.15, 0.2) is 6.10 Å². The van der Waals surface area contributed by atoms with Crippen LogP contribution >= 0.6 is 0 Å². The Balaban J connectivity index is 3.40. The largest absolute Gasteiger partial charge is 0.462 e. The van der Waals surface area contributed by atoms with E-state index in [2.05, 4.69) is 74.6 Å². The lowest BCUT2D eigenvalue weighted by molar-refractivity contribution is -0.161. The van der Waals surface area contributed by atoms with Gasteiger partial charge in [-0.3, -0.25) is 9.59 Å². The first-order valence-corrected chi connectivity index (χ1v) is 33.8. The van der Waals surface area contributed by atoms with Gasteiger partial charge in [0, 0.05) is 12.8 Å². The predicted molar refractivity (Wildman–Crippen MR) is 334 cm³/mol. The van der Waals surface area contributed by atoms with Crippen LogP contribution in [0, 0.1) is 0 Å². The molecule has 0 bridgehead atoms. The van der Waals surface area contributed by atoms with Crippen LogP contribution in [0.15, 0.2) is 60.8 Å². The zero-order valence-electron chi connectivity index (χ0n) is 51.0. The lowest BCUT2D eigenvalue weighted by Crippen LogP contribution is -2.28. The van der Waals surface area contributed by atoms with Crippen LogP contribution in [0.3, 0.4) is 0 Å². The van der Waals surface area contributed by atoms with Gasteiger partial charge in [-0.25, -0.2) is 0 Å². The third-order valence-corrected chi connectivity index (χ3v) is 15.3. The van der Waals surface area contributed by atoms with Gasteiger partial charge in [-0.15, -0.1) is 0 Å². The molecule has 444 valence electrons. The van der Waals surface area contributed by atoms with Crippen LogP contribution in [0.5, 0.6) is 0 Å². The summed E-state index contributed by atoms with van der Waals surface area (Å²) in [6.45, 7) is 4.08. The van der Waals surface area contributed by atoms with Crippen molar-refractivity contribution >= 4 is 11.9 Å². The Morgan fingerprint density at radius 1 is 0.316 bits per heavy atom. The molecule has 5 nitrogen and oxygen atoms in total. The maximum Gasteiger partial charge on any atom is 0.306 e. The molecule has 0 saturated carbocycles. The summed E-state index contributed by atoms with van der Waals surface area (Å²) in [5.41, 5.74) is 0. The number of carbonyl (C=O) groups excluding carboxylic acids is 2. The molecular weight excluding hydrogens is 933 g/mol. The van der Waals surface area contributed by atoms with Crippen LogP contribution in [0.2, 0.25) is 0 Å². The number of rotatable bonds is 63. The minimum atomic E-state index is -0.770. The summed E-state index contributed by atoms with van der Waals surface area (Å²) in [6.07, 6.45) is 91.1. The zero-order chi connectivity index (χ0) is 54.8. The summed E-state index contributed by atoms with van der Waals surface area (Å²) in [6, 6.07) is 0. The minimum absolute atomic E-state index is 0.0597. The lowest BCUT2D eigenvalue weighted by atomic mass is 10.0. The quantitative estimate of drug-likeness (QED) is 0.0373. The SMILES string of the molecule is CC/C=C\C/C=C\C/C=C\C/C=C\C/C=C\CCCCCCCCCCCCCCCCCCCCCCCC(=O)OC(CO)COC(=O)CCCCCCCCCCCCCCCCCCCCCCCCCCC. The number of hydrogen-bond acceptors (Lipinski definition) is 5. The maximum atomic E-state index is 12.4. The van der Waals surface area contributed by atoms with Crippen LogP contribution in [-0.4, -0.2) is 36.4 Å². The van der Waals surface area contributed by atoms with Crippen molar-refractivity contribution in [1.82, 2.24) is 0 Å². The second-order valence-electron chi connectivity index (χ2n) is 22.9. The molecule has 0 rings (SSSR count). The first kappa shape index (κ1) is 73.6. The summed E-state index contributed by atoms with van der Waals surface area (Å²) < 4.78 is 10.8. The molecule has 0 amide bonds. The summed E-state index contributed by atoms with van der Waals surface area (Å²) >= 11 is 0. The topological polar surface area (TPSA) is 72.8 Å². The van der Waals surface area contributed by atoms with E-state index in [0.717, 1.165) is 64.2 Å². The van der Waals surface area contributed by atoms with Crippen molar-refractivity contribution < 1.29 is 24.2 Å². The summed E-state index contributed by atoms with van der Waals surface area (Å²) in [5, 5.41) is 9.69. The van der Waals surface area contributed by atoms with Crippen LogP contribution in [0.1, 0.15) is 361 Å². The molecule has 76 heavy (non-hydrogen) atoms. The first-order valence-electron chi connectivity index (χ1n) is 33.8. The molecule has 0 radical (unpaired) electrons. The van der Waals surface area contributed by atoms with Crippen molar-refractivity contribution in [2.24, 2.45) is 0 Å². The number of esters is 2. The fraction of sp³-hybridized carbons (Fsp3) is 0.831. The molecule has 0 aliphatic carbocycles. The van der Waals surface area contributed by atoms with E-state index in [1.54, 1.807) is 0 Å². The van der Waals surface area contributed by atoms with Gasteiger partial charge in [0.25, 0.3) is 0 Å². The van der Waals surface area contributed by atoms with Gasteiger partial charge in [-0.2, -0.15) is 0 Å². The standard InChI is InChI=1S/C71H130O5/c1-3-5-7-9-11-13-15-17-19-21-23-25-27-29-30-31-32-33-34-35-36-37-38-39-40-42-44-46-48-50-52-54-56-58-60-62-64-66-71(74)76-69(67-72)68-75-70(73)65-63-61-59-57-55-53-51-49-47-45-43-41-28-26-24-22-20-18-16-14-12-10-8-6-4-2/h5,7,11,13,17,19,23,25,29-30,69,72H,3-4,6,8-10,12,14-16,18,20-22,24,26-28,31-68H2,1-2H3/b7-5-,13-11-,19-17-,25-23-,30-29-. The van der Waals surface area contributed by atoms with Gasteiger partial charge in [-0.1, -0.05) is 351 Å². The number of hydrogen-bond donors (Lipinski definition) is 1. The molecule has 1 unspecified atom stereocenters. The van der Waals surface area contributed by atoms with Crippen LogP contribution < -0.4 is 0 Å². The van der Waals surface area contributed by atoms with Crippen molar-refractivity contribution in [1.29, 1.82) is 0 Å². The van der Waals surface area contributed by atoms with Gasteiger partial charge in [0.2, 0.25) is 0 Å². The number of unbranched alkanes of at least 4 members (excludes halogenated alkanes) is 45. The molecule has 0 aliphatic heterocycles. The Morgan fingerprint density at radius 3 is 0.855 bits per heavy atom. The van der Waals surface area contributed by atoms with E-state index >= 15 is 0 Å². The molecule has 0 spiro atoms. The average Bonchev–Trinajstić information content (AvgIpc) is 3.42. The monoisotopic (exact) mass is 1060 g/mol. The summed E-state index contributed by atoms with van der Waals surface area (Å²) in [7, 11) is 0. The molecule has 0 aromatic rings. The Hall–Kier alpha value is -2.40. The van der Waals surface area contributed by atoms with Crippen molar-refractivity contribution in [3.63, 3.8) is 0 Å². The van der Waals surface area contributed by atoms with E-state index in [9.17, 15) is 14.7 Å². The normalized spacial score (nSPS) is 12.5. The second kappa shape index (κ2) is 66.9. The van der Waals surface area contributed by atoms with E-state index < -0.39 is 6.10 Å². The molecule has 1 N–H and O–H groups in total. The predicted octanol–water partition coefficient (Wildman–Crippen LogP) is 23.3. The van der Waals surface area contributed by atoms with Crippen LogP contribution in [0.4, 0.5) is 0 Å². The molecular formula is C71H130O5. The van der Waals surface area contributed by atoms with Crippen LogP contribution in [-0.2, 0) is 19.1 Å². The van der Waals surface area contributed by atoms with Crippen molar-refractivity contribution in [3.05, 3.63) is 60.8 Å². The second-order valence-corrected chi connectivity index (χ2v) is 22.9. The molecule has 0 aromatic carbocycles. The summed E-state index contributed by atoms with van der Waals surface area (Å²) in [4.78, 5) is 24.6. The van der Waals surface area contributed by atoms with E-state index in [1.807, 2.05) is 0 Å². The molecule has 0 aliphatic rings. The van der Waals surface area contributed by atoms with Crippen molar-refractivity contribution in [2.45, 2.75) is 367 Å². The highest BCUT2D eigenvalue weighted by Crippen LogP contribution is 2.19. The number of aliphatic hydroxyl groups is 1. The Morgan fingerprint density at radius 2 is 0.566 bits per heavy atom. The van der Waals surface area contributed by atoms with Gasteiger partial charge in [0.1, 0.15) is 6.61 Å². The highest BCUT2D eigenvalue weighted by molar-refractivity contribution is 5.70. The third-order valence-electron chi connectivity index (χ3n) is 15.3. The van der Waals surface area contributed by atoms with Gasteiger partial charge in [0.05, 0.1) is 6.61 Å². The Bertz CT molecular complexity index is 1300. The Labute approximate surface area is 474 Å². The van der Waals surface area contributed by atoms with Gasteiger partial charge in [-0.05, 0) is 57.8 Å². The molecule has 5 heteroatoms. The molecule has 1 atom stereocenters. The number of ether oxygens (including phenoxy) is 2. The van der Waals surface area contributed by atoms with Crippen LogP contribution in [0.25, 0.3) is 0 Å². The van der Waals surface area contributed by atoms with Crippen molar-refractivity contribution in [2.75, 3.05) is 13.2 Å². The average molecular weight is 1060 g/mol. The molecule has 0 saturated heterocycles. The number of aliphatic hydroxyl groups excluding tert-OH is 1. The molecule has 0 fully saturated rings. The van der Waals surface area contributed by atoms with E-state index in [1.165, 1.54) is 270 Å². The fourth-order valence-electron chi connectivity index (χ4n) is 10.3. The van der Waals surface area contributed by atoms with Gasteiger partial charge < -0.3 is 14.6 Å². The van der Waals surface area contributed by atoms with Crippen molar-refractivity contribution in [3.8, 4) is 0 Å². The minimum Gasteiger partial charge on any atom is -0.462 e. The highest BCUT2D eigenvalue weighted by Gasteiger charge is 2.16. The number of carbonyl (C=O) groups is 2. The van der Waals surface area contributed by atoms with E-state index in [-0.39, 0.29) is 25.2 Å². The van der Waals surface area contributed by atoms with E-state index in [4.69, 9.17) is 9.47 Å². The van der Waals surface area contributed by atoms with E-state index in [0.29, 0.717) is 12.8 Å². The smallest absolute Gasteiger partial charge is 0.306 e. The first-order chi connectivity index (χ1) is 37.6. The molecule has 0 aromatic heterocycles. The lowest BCUT2D eigenvalue weighted by Gasteiger charge is -2.15. The van der Waals surface area contributed by atoms with Gasteiger partial charge >= 0.3 is 11.9 Å². The third kappa shape index (κ3) is 64.1. The fourth-order valence-corrected chi connectivity index (χ4v) is 10.3. The number of allylic oxidation sites excluding steroid dienone is 10. The maximum absolute atomic E-state index is 12.4. The zero-order valence-corrected chi connectivity index (χ0v) is 51.0. The Kier molecular flexibility index (Phi) is 64.8. The summed E-state index contributed by atoms with van der Waals surface area (Å²) in [5.74, 6) is -0.568. The molecule has 0 heterocycles.